The first-order valence-electron chi connectivity index (χ1n) is 6.49. The van der Waals surface area contributed by atoms with Crippen molar-refractivity contribution < 1.29 is 17.2 Å². The maximum absolute atomic E-state index is 13.8. The van der Waals surface area contributed by atoms with Crippen LogP contribution < -0.4 is 5.32 Å². The van der Waals surface area contributed by atoms with Gasteiger partial charge in [0.05, 0.1) is 0 Å². The van der Waals surface area contributed by atoms with Gasteiger partial charge in [0.25, 0.3) is 0 Å². The monoisotopic (exact) mass is 340 g/mol. The molecule has 1 aromatic rings. The summed E-state index contributed by atoms with van der Waals surface area (Å²) in [5, 5.41) is 3.03. The van der Waals surface area contributed by atoms with Crippen LogP contribution in [0.25, 0.3) is 0 Å². The van der Waals surface area contributed by atoms with Crippen molar-refractivity contribution in [1.29, 1.82) is 0 Å². The first-order valence-corrected chi connectivity index (χ1v) is 7.93. The molecule has 1 saturated heterocycles. The summed E-state index contributed by atoms with van der Waals surface area (Å²) in [5.74, 6) is -1.78. The molecule has 1 atom stereocenters. The third-order valence-corrected chi connectivity index (χ3v) is 5.50. The summed E-state index contributed by atoms with van der Waals surface area (Å²) in [4.78, 5) is -0.451. The van der Waals surface area contributed by atoms with Gasteiger partial charge in [-0.2, -0.15) is 4.31 Å². The summed E-state index contributed by atoms with van der Waals surface area (Å²) < 4.78 is 53.2. The van der Waals surface area contributed by atoms with Gasteiger partial charge < -0.3 is 5.32 Å². The molecule has 1 N–H and O–H groups in total. The van der Waals surface area contributed by atoms with E-state index >= 15 is 0 Å². The van der Waals surface area contributed by atoms with Crippen molar-refractivity contribution in [3.8, 4) is 0 Å². The van der Waals surface area contributed by atoms with Crippen molar-refractivity contribution in [2.75, 3.05) is 20.1 Å². The standard InChI is InChI=1S/C13H18F2N2O2S.ClH/c1-9-6-13(12(15)7-11(9)14)20(18,19)17-5-3-4-10(8-17)16-2;/h6-7,10,16H,3-5,8H2,1-2H3;1H. The van der Waals surface area contributed by atoms with Crippen LogP contribution in [0.4, 0.5) is 8.78 Å². The number of nitrogens with zero attached hydrogens (tertiary/aromatic N) is 1. The van der Waals surface area contributed by atoms with E-state index < -0.39 is 26.6 Å². The maximum Gasteiger partial charge on any atom is 0.246 e. The molecule has 0 aromatic heterocycles. The number of halogens is 3. The zero-order chi connectivity index (χ0) is 14.9. The zero-order valence-electron chi connectivity index (χ0n) is 11.9. The van der Waals surface area contributed by atoms with Gasteiger partial charge >= 0.3 is 0 Å². The van der Waals surface area contributed by atoms with Crippen LogP contribution in [-0.2, 0) is 10.0 Å². The third kappa shape index (κ3) is 3.71. The Morgan fingerprint density at radius 3 is 2.57 bits per heavy atom. The summed E-state index contributed by atoms with van der Waals surface area (Å²) in [6, 6.07) is 1.74. The van der Waals surface area contributed by atoms with Crippen LogP contribution in [-0.4, -0.2) is 38.9 Å². The van der Waals surface area contributed by atoms with Crippen molar-refractivity contribution >= 4 is 22.4 Å². The molecule has 1 aliphatic rings. The molecule has 0 spiro atoms. The smallest absolute Gasteiger partial charge is 0.246 e. The van der Waals surface area contributed by atoms with Gasteiger partial charge in [0.2, 0.25) is 10.0 Å². The van der Waals surface area contributed by atoms with Crippen molar-refractivity contribution in [3.05, 3.63) is 29.3 Å². The summed E-state index contributed by atoms with van der Waals surface area (Å²) in [6.07, 6.45) is 1.60. The van der Waals surface area contributed by atoms with E-state index in [-0.39, 0.29) is 24.0 Å². The normalized spacial score (nSPS) is 20.1. The molecule has 0 radical (unpaired) electrons. The number of benzene rings is 1. The molecule has 21 heavy (non-hydrogen) atoms. The van der Waals surface area contributed by atoms with Gasteiger partial charge in [-0.25, -0.2) is 17.2 Å². The maximum atomic E-state index is 13.8. The highest BCUT2D eigenvalue weighted by molar-refractivity contribution is 7.89. The molecule has 0 aliphatic carbocycles. The molecule has 2 rings (SSSR count). The van der Waals surface area contributed by atoms with Crippen LogP contribution in [0.3, 0.4) is 0 Å². The van der Waals surface area contributed by atoms with Gasteiger partial charge in [-0.3, -0.25) is 0 Å². The van der Waals surface area contributed by atoms with E-state index in [0.29, 0.717) is 25.6 Å². The molecule has 1 aromatic carbocycles. The molecule has 4 nitrogen and oxygen atoms in total. The lowest BCUT2D eigenvalue weighted by atomic mass is 10.1. The predicted octanol–water partition coefficient (Wildman–Crippen LogP) is 2.07. The number of piperidine rings is 1. The topological polar surface area (TPSA) is 49.4 Å². The lowest BCUT2D eigenvalue weighted by molar-refractivity contribution is 0.292. The molecule has 8 heteroatoms. The van der Waals surface area contributed by atoms with E-state index in [1.165, 1.54) is 11.2 Å². The van der Waals surface area contributed by atoms with Gasteiger partial charge in [-0.05, 0) is 38.4 Å². The first kappa shape index (κ1) is 18.3. The summed E-state index contributed by atoms with van der Waals surface area (Å²) >= 11 is 0. The molecule has 1 unspecified atom stereocenters. The zero-order valence-corrected chi connectivity index (χ0v) is 13.5. The number of sulfonamides is 1. The minimum atomic E-state index is -3.92. The largest absolute Gasteiger partial charge is 0.316 e. The number of nitrogens with one attached hydrogen (secondary N) is 1. The number of aryl methyl sites for hydroxylation is 1. The van der Waals surface area contributed by atoms with Crippen LogP contribution in [0.2, 0.25) is 0 Å². The van der Waals surface area contributed by atoms with Crippen LogP contribution in [0.1, 0.15) is 18.4 Å². The van der Waals surface area contributed by atoms with Crippen LogP contribution >= 0.6 is 12.4 Å². The molecule has 0 saturated carbocycles. The Hall–Kier alpha value is -0.760. The molecule has 1 heterocycles. The summed E-state index contributed by atoms with van der Waals surface area (Å²) in [6.45, 7) is 2.07. The van der Waals surface area contributed by atoms with Gasteiger partial charge in [0.15, 0.2) is 0 Å². The SMILES string of the molecule is CNC1CCCN(S(=O)(=O)c2cc(C)c(F)cc2F)C1.Cl. The van der Waals surface area contributed by atoms with E-state index in [9.17, 15) is 17.2 Å². The fourth-order valence-corrected chi connectivity index (χ4v) is 4.02. The molecule has 0 bridgehead atoms. The van der Waals surface area contributed by atoms with Gasteiger partial charge in [0, 0.05) is 25.2 Å². The Kier molecular flexibility index (Phi) is 6.10. The van der Waals surface area contributed by atoms with Crippen LogP contribution in [0, 0.1) is 18.6 Å². The summed E-state index contributed by atoms with van der Waals surface area (Å²) in [7, 11) is -2.16. The number of rotatable bonds is 3. The Morgan fingerprint density at radius 2 is 1.95 bits per heavy atom. The van der Waals surface area contributed by atoms with E-state index in [0.717, 1.165) is 12.5 Å². The molecular weight excluding hydrogens is 322 g/mol. The Morgan fingerprint density at radius 1 is 1.29 bits per heavy atom. The Bertz CT molecular complexity index is 610. The van der Waals surface area contributed by atoms with Crippen LogP contribution in [0.15, 0.2) is 17.0 Å². The van der Waals surface area contributed by atoms with Crippen molar-refractivity contribution in [3.63, 3.8) is 0 Å². The molecular formula is C13H19ClF2N2O2S. The fraction of sp³-hybridized carbons (Fsp3) is 0.538. The first-order chi connectivity index (χ1) is 9.36. The van der Waals surface area contributed by atoms with Crippen molar-refractivity contribution in [1.82, 2.24) is 9.62 Å². The molecule has 120 valence electrons. The van der Waals surface area contributed by atoms with E-state index in [1.807, 2.05) is 0 Å². The number of hydrogen-bond acceptors (Lipinski definition) is 3. The summed E-state index contributed by atoms with van der Waals surface area (Å²) in [5.41, 5.74) is 0.118. The fourth-order valence-electron chi connectivity index (χ4n) is 2.36. The van der Waals surface area contributed by atoms with Crippen molar-refractivity contribution in [2.24, 2.45) is 0 Å². The van der Waals surface area contributed by atoms with Crippen LogP contribution in [0.5, 0.6) is 0 Å². The quantitative estimate of drug-likeness (QED) is 0.916. The average molecular weight is 341 g/mol. The van der Waals surface area contributed by atoms with Gasteiger partial charge in [-0.1, -0.05) is 0 Å². The second kappa shape index (κ2) is 7.00. The highest BCUT2D eigenvalue weighted by atomic mass is 35.5. The third-order valence-electron chi connectivity index (χ3n) is 3.62. The average Bonchev–Trinajstić information content (AvgIpc) is 2.42. The lowest BCUT2D eigenvalue weighted by Crippen LogP contribution is -2.47. The van der Waals surface area contributed by atoms with Gasteiger partial charge in [0.1, 0.15) is 16.5 Å². The minimum absolute atomic E-state index is 0. The van der Waals surface area contributed by atoms with E-state index in [1.54, 1.807) is 7.05 Å². The van der Waals surface area contributed by atoms with E-state index in [4.69, 9.17) is 0 Å². The van der Waals surface area contributed by atoms with E-state index in [2.05, 4.69) is 5.32 Å². The Labute approximate surface area is 130 Å². The number of hydrogen-bond donors (Lipinski definition) is 1. The van der Waals surface area contributed by atoms with Crippen molar-refractivity contribution in [2.45, 2.75) is 30.7 Å². The van der Waals surface area contributed by atoms with Gasteiger partial charge in [-0.15, -0.1) is 12.4 Å². The predicted molar refractivity (Wildman–Crippen MR) is 79.2 cm³/mol. The second-order valence-electron chi connectivity index (χ2n) is 5.02. The highest BCUT2D eigenvalue weighted by Gasteiger charge is 2.32. The number of likely N-dealkylation sites (N-methyl/N-ethyl adjacent to an activating group) is 1. The second-order valence-corrected chi connectivity index (χ2v) is 6.93. The lowest BCUT2D eigenvalue weighted by Gasteiger charge is -2.31. The highest BCUT2D eigenvalue weighted by Crippen LogP contribution is 2.25. The molecule has 1 fully saturated rings. The minimum Gasteiger partial charge on any atom is -0.316 e. The molecule has 1 aliphatic heterocycles. The molecule has 0 amide bonds. The Balaban J connectivity index is 0.00000220.